The number of ether oxygens (including phenoxy) is 1. The molecule has 2 amide bonds. The lowest BCUT2D eigenvalue weighted by Crippen LogP contribution is -2.51. The highest BCUT2D eigenvalue weighted by Crippen LogP contribution is 2.51. The first-order valence-electron chi connectivity index (χ1n) is 10.8. The van der Waals surface area contributed by atoms with Gasteiger partial charge in [-0.25, -0.2) is 0 Å². The molecule has 3 aliphatic heterocycles. The summed E-state index contributed by atoms with van der Waals surface area (Å²) < 4.78 is 6.27. The van der Waals surface area contributed by atoms with Gasteiger partial charge in [-0.3, -0.25) is 9.59 Å². The van der Waals surface area contributed by atoms with Crippen molar-refractivity contribution in [1.82, 2.24) is 4.90 Å². The quantitative estimate of drug-likeness (QED) is 0.641. The fraction of sp³-hybridized carbons (Fsp3) is 0.185. The molecule has 5 heteroatoms. The van der Waals surface area contributed by atoms with Gasteiger partial charge in [0.25, 0.3) is 11.8 Å². The predicted molar refractivity (Wildman–Crippen MR) is 123 cm³/mol. The minimum absolute atomic E-state index is 0.128. The number of hydrogen-bond donors (Lipinski definition) is 1. The summed E-state index contributed by atoms with van der Waals surface area (Å²) in [6.45, 7) is 2.27. The van der Waals surface area contributed by atoms with Crippen LogP contribution in [0.1, 0.15) is 12.5 Å². The average molecular weight is 422 g/mol. The van der Waals surface area contributed by atoms with E-state index >= 15 is 0 Å². The van der Waals surface area contributed by atoms with Crippen molar-refractivity contribution in [3.8, 4) is 0 Å². The summed E-state index contributed by atoms with van der Waals surface area (Å²) in [6.07, 6.45) is 3.62. The van der Waals surface area contributed by atoms with Crippen LogP contribution in [0.5, 0.6) is 0 Å². The van der Waals surface area contributed by atoms with Crippen molar-refractivity contribution in [3.05, 3.63) is 102 Å². The third kappa shape index (κ3) is 2.68. The molecule has 0 aliphatic carbocycles. The van der Waals surface area contributed by atoms with Gasteiger partial charge in [-0.2, -0.15) is 0 Å². The van der Waals surface area contributed by atoms with Crippen LogP contribution < -0.4 is 5.32 Å². The monoisotopic (exact) mass is 422 g/mol. The summed E-state index contributed by atoms with van der Waals surface area (Å²) in [6, 6.07) is 22.8. The molecule has 0 saturated carbocycles. The SMILES string of the molecule is CC1=C2C(=O)N(Cc3ccccc3)[C@H](C(=O)Nc3ccc4ccccc4c3)[C@]23C=C[C@H]1O3. The van der Waals surface area contributed by atoms with Crippen LogP contribution in [0, 0.1) is 0 Å². The highest BCUT2D eigenvalue weighted by atomic mass is 16.5. The van der Waals surface area contributed by atoms with Crippen molar-refractivity contribution in [1.29, 1.82) is 0 Å². The molecule has 0 aromatic heterocycles. The van der Waals surface area contributed by atoms with Gasteiger partial charge in [0.1, 0.15) is 11.6 Å². The molecule has 32 heavy (non-hydrogen) atoms. The number of nitrogens with one attached hydrogen (secondary N) is 1. The zero-order valence-corrected chi connectivity index (χ0v) is 17.6. The Labute approximate surface area is 186 Å². The standard InChI is InChI=1S/C27H22N2O3/c1-17-22-13-14-27(32-22)23(17)26(31)29(16-18-7-3-2-4-8-18)24(27)25(30)28-21-12-11-19-9-5-6-10-20(19)15-21/h2-15,22,24H,16H2,1H3,(H,28,30)/t22-,24-,27+/m1/s1. The van der Waals surface area contributed by atoms with E-state index in [-0.39, 0.29) is 17.9 Å². The average Bonchev–Trinajstić information content (AvgIpc) is 3.43. The maximum absolute atomic E-state index is 13.7. The van der Waals surface area contributed by atoms with Crippen LogP contribution in [0.15, 0.2) is 96.1 Å². The number of amides is 2. The zero-order valence-electron chi connectivity index (χ0n) is 17.6. The maximum Gasteiger partial charge on any atom is 0.254 e. The van der Waals surface area contributed by atoms with Crippen LogP contribution in [0.2, 0.25) is 0 Å². The largest absolute Gasteiger partial charge is 0.352 e. The summed E-state index contributed by atoms with van der Waals surface area (Å²) in [5.74, 6) is -0.378. The van der Waals surface area contributed by atoms with Crippen LogP contribution in [0.3, 0.4) is 0 Å². The topological polar surface area (TPSA) is 58.6 Å². The second-order valence-corrected chi connectivity index (χ2v) is 8.62. The molecule has 0 unspecified atom stereocenters. The van der Waals surface area contributed by atoms with Gasteiger partial charge in [-0.05, 0) is 47.0 Å². The van der Waals surface area contributed by atoms with Crippen LogP contribution in [0.25, 0.3) is 10.8 Å². The van der Waals surface area contributed by atoms with E-state index in [1.807, 2.05) is 91.9 Å². The van der Waals surface area contributed by atoms with Crippen LogP contribution in [-0.2, 0) is 20.9 Å². The summed E-state index contributed by atoms with van der Waals surface area (Å²) in [5.41, 5.74) is 2.15. The number of nitrogens with zero attached hydrogens (tertiary/aromatic N) is 1. The van der Waals surface area contributed by atoms with E-state index in [2.05, 4.69) is 5.32 Å². The molecule has 1 fully saturated rings. The van der Waals surface area contributed by atoms with Crippen LogP contribution in [-0.4, -0.2) is 34.5 Å². The van der Waals surface area contributed by atoms with Gasteiger partial charge >= 0.3 is 0 Å². The smallest absolute Gasteiger partial charge is 0.254 e. The third-order valence-electron chi connectivity index (χ3n) is 6.71. The molecule has 3 aliphatic rings. The zero-order chi connectivity index (χ0) is 21.9. The van der Waals surface area contributed by atoms with E-state index < -0.39 is 11.6 Å². The second kappa shape index (κ2) is 6.90. The van der Waals surface area contributed by atoms with E-state index in [0.29, 0.717) is 17.8 Å². The number of rotatable bonds is 4. The summed E-state index contributed by atoms with van der Waals surface area (Å²) in [4.78, 5) is 28.8. The normalized spacial score (nSPS) is 25.7. The summed E-state index contributed by atoms with van der Waals surface area (Å²) in [7, 11) is 0. The van der Waals surface area contributed by atoms with Crippen LogP contribution >= 0.6 is 0 Å². The molecular weight excluding hydrogens is 400 g/mol. The summed E-state index contributed by atoms with van der Waals surface area (Å²) >= 11 is 0. The van der Waals surface area contributed by atoms with E-state index in [9.17, 15) is 9.59 Å². The van der Waals surface area contributed by atoms with E-state index in [0.717, 1.165) is 21.9 Å². The first-order chi connectivity index (χ1) is 15.6. The Bertz CT molecular complexity index is 1330. The van der Waals surface area contributed by atoms with Gasteiger partial charge in [0.15, 0.2) is 0 Å². The number of carbonyl (C=O) groups is 2. The predicted octanol–water partition coefficient (Wildman–Crippen LogP) is 4.21. The second-order valence-electron chi connectivity index (χ2n) is 8.62. The molecular formula is C27H22N2O3. The number of hydrogen-bond acceptors (Lipinski definition) is 3. The van der Waals surface area contributed by atoms with Crippen molar-refractivity contribution in [2.24, 2.45) is 0 Å². The molecule has 1 saturated heterocycles. The Morgan fingerprint density at radius 3 is 2.59 bits per heavy atom. The molecule has 2 bridgehead atoms. The minimum Gasteiger partial charge on any atom is -0.352 e. The molecule has 5 nitrogen and oxygen atoms in total. The Kier molecular flexibility index (Phi) is 4.10. The summed E-state index contributed by atoms with van der Waals surface area (Å²) in [5, 5.41) is 5.20. The van der Waals surface area contributed by atoms with E-state index in [1.54, 1.807) is 4.90 Å². The van der Waals surface area contributed by atoms with Gasteiger partial charge < -0.3 is 15.0 Å². The van der Waals surface area contributed by atoms with Crippen molar-refractivity contribution < 1.29 is 14.3 Å². The van der Waals surface area contributed by atoms with Gasteiger partial charge in [0.05, 0.1) is 11.7 Å². The molecule has 158 valence electrons. The lowest BCUT2D eigenvalue weighted by atomic mass is 9.85. The van der Waals surface area contributed by atoms with Crippen molar-refractivity contribution in [2.75, 3.05) is 5.32 Å². The third-order valence-corrected chi connectivity index (χ3v) is 6.71. The van der Waals surface area contributed by atoms with E-state index in [4.69, 9.17) is 4.74 Å². The highest BCUT2D eigenvalue weighted by Gasteiger charge is 2.65. The molecule has 3 aromatic rings. The van der Waals surface area contributed by atoms with Gasteiger partial charge in [0.2, 0.25) is 0 Å². The number of likely N-dealkylation sites (tertiary alicyclic amines) is 1. The fourth-order valence-electron chi connectivity index (χ4n) is 5.22. The lowest BCUT2D eigenvalue weighted by molar-refractivity contribution is -0.135. The maximum atomic E-state index is 13.7. The molecule has 3 atom stereocenters. The van der Waals surface area contributed by atoms with Gasteiger partial charge in [-0.15, -0.1) is 0 Å². The molecule has 1 N–H and O–H groups in total. The molecule has 0 radical (unpaired) electrons. The Hall–Kier alpha value is -3.70. The minimum atomic E-state index is -1.03. The number of fused-ring (bicyclic) bond motifs is 2. The Morgan fingerprint density at radius 1 is 1.03 bits per heavy atom. The Balaban J connectivity index is 1.38. The first kappa shape index (κ1) is 19.0. The Morgan fingerprint density at radius 2 is 1.78 bits per heavy atom. The number of anilines is 1. The number of benzene rings is 3. The fourth-order valence-corrected chi connectivity index (χ4v) is 5.22. The highest BCUT2D eigenvalue weighted by molar-refractivity contribution is 6.10. The van der Waals surface area contributed by atoms with Gasteiger partial charge in [-0.1, -0.05) is 66.7 Å². The van der Waals surface area contributed by atoms with Crippen molar-refractivity contribution in [3.63, 3.8) is 0 Å². The lowest BCUT2D eigenvalue weighted by Gasteiger charge is -2.31. The van der Waals surface area contributed by atoms with Crippen LogP contribution in [0.4, 0.5) is 5.69 Å². The van der Waals surface area contributed by atoms with Gasteiger partial charge in [0, 0.05) is 12.2 Å². The molecule has 1 spiro atoms. The van der Waals surface area contributed by atoms with E-state index in [1.165, 1.54) is 0 Å². The molecule has 6 rings (SSSR count). The van der Waals surface area contributed by atoms with Crippen molar-refractivity contribution >= 4 is 28.3 Å². The molecule has 3 aromatic carbocycles. The number of carbonyl (C=O) groups excluding carboxylic acids is 2. The van der Waals surface area contributed by atoms with Crippen molar-refractivity contribution in [2.45, 2.75) is 31.2 Å². The molecule has 3 heterocycles. The first-order valence-corrected chi connectivity index (χ1v) is 10.8.